The first-order valence-electron chi connectivity index (χ1n) is 0.690. The van der Waals surface area contributed by atoms with Crippen LogP contribution >= 0.6 is 0 Å². The molecule has 5 heavy (non-hydrogen) atoms. The van der Waals surface area contributed by atoms with Crippen molar-refractivity contribution in [3.63, 3.8) is 0 Å². The van der Waals surface area contributed by atoms with Gasteiger partial charge in [-0.05, 0) is 0 Å². The zero-order valence-corrected chi connectivity index (χ0v) is 4.69. The Bertz CT molecular complexity index is 14.4. The first kappa shape index (κ1) is 9.49. The number of rotatable bonds is 0. The first-order chi connectivity index (χ1) is 1.73. The van der Waals surface area contributed by atoms with E-state index in [0.717, 1.165) is 0 Å². The van der Waals surface area contributed by atoms with E-state index in [2.05, 4.69) is 0 Å². The van der Waals surface area contributed by atoms with Crippen molar-refractivity contribution < 1.29 is 14.4 Å². The third-order valence-electron chi connectivity index (χ3n) is 0. The van der Waals surface area contributed by atoms with E-state index in [4.69, 9.17) is 10.0 Å². The molecule has 0 unspecified atom stereocenters. The zero-order valence-electron chi connectivity index (χ0n) is 2.48. The molecule has 0 spiro atoms. The Morgan fingerprint density at radius 2 is 1.40 bits per heavy atom. The van der Waals surface area contributed by atoms with Gasteiger partial charge in [-0.1, -0.05) is 0 Å². The summed E-state index contributed by atoms with van der Waals surface area (Å²) in [5.74, 6) is 0. The maximum absolute atomic E-state index is 9.89. The average molecular weight is 102 g/mol. The van der Waals surface area contributed by atoms with Crippen LogP contribution < -0.4 is 10.0 Å². The van der Waals surface area contributed by atoms with Crippen LogP contribution in [-0.2, 0) is 0 Å². The third-order valence-corrected chi connectivity index (χ3v) is 0. The van der Waals surface area contributed by atoms with Crippen LogP contribution in [0.2, 0.25) is 0 Å². The predicted molar refractivity (Wildman–Crippen MR) is 12.6 cm³/mol. The molecule has 0 saturated heterocycles. The minimum absolute atomic E-state index is 0. The molecular formula is BCaFO2. The van der Waals surface area contributed by atoms with Crippen molar-refractivity contribution in [3.8, 4) is 0 Å². The fourth-order valence-corrected chi connectivity index (χ4v) is 0. The maximum Gasteiger partial charge on any atom is 2.00 e. The summed E-state index contributed by atoms with van der Waals surface area (Å²) in [6.07, 6.45) is 0. The Kier molecular flexibility index (Phi) is 9.82. The van der Waals surface area contributed by atoms with Crippen LogP contribution in [-0.4, -0.2) is 45.1 Å². The quantitative estimate of drug-likeness (QED) is 0.312. The predicted octanol–water partition coefficient (Wildman–Crippen LogP) is -2.72. The van der Waals surface area contributed by atoms with Gasteiger partial charge < -0.3 is 14.4 Å². The standard InChI is InChI=1S/BFO2.Ca/c2-1(3)4;/q-2;+2. The van der Waals surface area contributed by atoms with Crippen LogP contribution in [0.15, 0.2) is 0 Å². The molecule has 0 aromatic heterocycles. The first-order valence-corrected chi connectivity index (χ1v) is 0.690. The second-order valence-electron chi connectivity index (χ2n) is 0.274. The molecule has 0 radical (unpaired) electrons. The van der Waals surface area contributed by atoms with Crippen LogP contribution in [0.1, 0.15) is 0 Å². The Labute approximate surface area is 59.2 Å². The summed E-state index contributed by atoms with van der Waals surface area (Å²) in [5.41, 5.74) is 0. The second-order valence-corrected chi connectivity index (χ2v) is 0.274. The largest absolute Gasteiger partial charge is 2.00 e. The maximum atomic E-state index is 9.89. The van der Waals surface area contributed by atoms with Gasteiger partial charge in [-0.15, -0.1) is 0 Å². The van der Waals surface area contributed by atoms with Gasteiger partial charge in [0, 0.05) is 0 Å². The van der Waals surface area contributed by atoms with E-state index < -0.39 is 7.40 Å². The number of hydrogen-bond acceptors (Lipinski definition) is 2. The van der Waals surface area contributed by atoms with Crippen molar-refractivity contribution in [1.29, 1.82) is 0 Å². The SMILES string of the molecule is [Ca+2].[O-]B([O-])F. The molecular weight excluding hydrogens is 102 g/mol. The van der Waals surface area contributed by atoms with Crippen molar-refractivity contribution >= 4 is 45.1 Å². The van der Waals surface area contributed by atoms with Gasteiger partial charge in [0.1, 0.15) is 7.40 Å². The van der Waals surface area contributed by atoms with Crippen molar-refractivity contribution in [3.05, 3.63) is 0 Å². The van der Waals surface area contributed by atoms with E-state index >= 15 is 0 Å². The second kappa shape index (κ2) is 5.17. The van der Waals surface area contributed by atoms with Crippen LogP contribution in [0.25, 0.3) is 0 Å². The Morgan fingerprint density at radius 1 is 1.40 bits per heavy atom. The molecule has 0 amide bonds. The van der Waals surface area contributed by atoms with E-state index in [1.807, 2.05) is 0 Å². The number of hydrogen-bond donors (Lipinski definition) is 0. The molecule has 0 bridgehead atoms. The van der Waals surface area contributed by atoms with Crippen LogP contribution in [0, 0.1) is 0 Å². The molecule has 0 aliphatic rings. The molecule has 0 N–H and O–H groups in total. The summed E-state index contributed by atoms with van der Waals surface area (Å²) >= 11 is 0. The molecule has 0 saturated carbocycles. The van der Waals surface area contributed by atoms with Crippen LogP contribution in [0.5, 0.6) is 0 Å². The van der Waals surface area contributed by atoms with Crippen LogP contribution in [0.3, 0.4) is 0 Å². The molecule has 2 nitrogen and oxygen atoms in total. The minimum atomic E-state index is -3.17. The van der Waals surface area contributed by atoms with Gasteiger partial charge in [0.15, 0.2) is 0 Å². The zero-order chi connectivity index (χ0) is 3.58. The summed E-state index contributed by atoms with van der Waals surface area (Å²) in [6, 6.07) is 0. The van der Waals surface area contributed by atoms with Crippen molar-refractivity contribution in [2.45, 2.75) is 0 Å². The topological polar surface area (TPSA) is 46.1 Å². The fourth-order valence-electron chi connectivity index (χ4n) is 0. The van der Waals surface area contributed by atoms with Crippen molar-refractivity contribution in [2.24, 2.45) is 0 Å². The van der Waals surface area contributed by atoms with E-state index in [1.165, 1.54) is 0 Å². The molecule has 0 aromatic carbocycles. The average Bonchev–Trinajstić information content (AvgIpc) is 0.811. The Morgan fingerprint density at radius 3 is 1.40 bits per heavy atom. The van der Waals surface area contributed by atoms with E-state index in [0.29, 0.717) is 0 Å². The van der Waals surface area contributed by atoms with Crippen molar-refractivity contribution in [2.75, 3.05) is 0 Å². The van der Waals surface area contributed by atoms with Gasteiger partial charge in [-0.2, -0.15) is 0 Å². The summed E-state index contributed by atoms with van der Waals surface area (Å²) in [5, 5.41) is 16.6. The molecule has 24 valence electrons. The molecule has 5 heteroatoms. The van der Waals surface area contributed by atoms with Gasteiger partial charge >= 0.3 is 37.7 Å². The molecule has 0 aliphatic carbocycles. The molecule has 0 rings (SSSR count). The molecule has 0 aromatic rings. The Hall–Kier alpha value is 1.17. The fraction of sp³-hybridized carbons (Fsp3) is 0. The smallest absolute Gasteiger partial charge is 0.867 e. The van der Waals surface area contributed by atoms with Gasteiger partial charge in [-0.25, -0.2) is 0 Å². The summed E-state index contributed by atoms with van der Waals surface area (Å²) < 4.78 is 9.89. The summed E-state index contributed by atoms with van der Waals surface area (Å²) in [4.78, 5) is 0. The molecule has 0 atom stereocenters. The van der Waals surface area contributed by atoms with Gasteiger partial charge in [0.05, 0.1) is 0 Å². The monoisotopic (exact) mass is 102 g/mol. The van der Waals surface area contributed by atoms with Gasteiger partial charge in [-0.3, -0.25) is 0 Å². The normalized spacial score (nSPS) is 5.40. The number of halogens is 1. The summed E-state index contributed by atoms with van der Waals surface area (Å²) in [7, 11) is -3.17. The third kappa shape index (κ3) is 37.8. The van der Waals surface area contributed by atoms with Crippen LogP contribution in [0.4, 0.5) is 4.32 Å². The van der Waals surface area contributed by atoms with Gasteiger partial charge in [0.25, 0.3) is 0 Å². The minimum Gasteiger partial charge on any atom is -0.867 e. The molecule has 0 heterocycles. The van der Waals surface area contributed by atoms with E-state index in [9.17, 15) is 4.32 Å². The molecule has 0 fully saturated rings. The van der Waals surface area contributed by atoms with Gasteiger partial charge in [0.2, 0.25) is 0 Å². The van der Waals surface area contributed by atoms with Crippen molar-refractivity contribution in [1.82, 2.24) is 0 Å². The Balaban J connectivity index is 0. The summed E-state index contributed by atoms with van der Waals surface area (Å²) in [6.45, 7) is 0. The molecule has 0 aliphatic heterocycles. The van der Waals surface area contributed by atoms with E-state index in [-0.39, 0.29) is 37.7 Å². The van der Waals surface area contributed by atoms with E-state index in [1.54, 1.807) is 0 Å².